The van der Waals surface area contributed by atoms with Gasteiger partial charge in [-0.05, 0) is 43.5 Å². The zero-order valence-electron chi connectivity index (χ0n) is 11.1. The molecule has 0 unspecified atom stereocenters. The van der Waals surface area contributed by atoms with Gasteiger partial charge in [-0.2, -0.15) is 0 Å². The maximum Gasteiger partial charge on any atom is 0.272 e. The lowest BCUT2D eigenvalue weighted by atomic mass is 9.93. The Kier molecular flexibility index (Phi) is 3.83. The van der Waals surface area contributed by atoms with Crippen molar-refractivity contribution in [1.82, 2.24) is 4.57 Å². The first-order chi connectivity index (χ1) is 10.1. The largest absolute Gasteiger partial charge is 0.504 e. The number of benzene rings is 1. The smallest absolute Gasteiger partial charge is 0.272 e. The van der Waals surface area contributed by atoms with Gasteiger partial charge in [-0.1, -0.05) is 23.2 Å². The molecule has 1 aromatic heterocycles. The minimum Gasteiger partial charge on any atom is -0.504 e. The fourth-order valence-corrected chi connectivity index (χ4v) is 2.91. The van der Waals surface area contributed by atoms with Crippen LogP contribution in [0.3, 0.4) is 0 Å². The molecule has 0 radical (unpaired) electrons. The Bertz CT molecular complexity index is 693. The van der Waals surface area contributed by atoms with Crippen LogP contribution in [-0.4, -0.2) is 15.6 Å². The standard InChI is InChI=1S/C15H14Cl2N2O2/c16-9-7-11(17)14(20)12(8-9)18-15(21)13-5-2-6-19(13)10-3-1-4-10/h2,5-8,10,20H,1,3-4H2,(H,18,21). The molecule has 1 aliphatic rings. The predicted molar refractivity (Wildman–Crippen MR) is 83.4 cm³/mol. The summed E-state index contributed by atoms with van der Waals surface area (Å²) in [5.41, 5.74) is 0.772. The number of phenols is 1. The van der Waals surface area contributed by atoms with Crippen LogP contribution in [0.25, 0.3) is 0 Å². The first-order valence-electron chi connectivity index (χ1n) is 6.72. The van der Waals surface area contributed by atoms with Gasteiger partial charge in [0.2, 0.25) is 0 Å². The Labute approximate surface area is 132 Å². The molecule has 0 bridgehead atoms. The number of hydrogen-bond acceptors (Lipinski definition) is 2. The summed E-state index contributed by atoms with van der Waals surface area (Å²) < 4.78 is 1.97. The second kappa shape index (κ2) is 5.62. The molecule has 1 aliphatic carbocycles. The number of phenolic OH excluding ortho intramolecular Hbond substituents is 1. The molecule has 1 saturated carbocycles. The van der Waals surface area contributed by atoms with Crippen LogP contribution in [0.4, 0.5) is 5.69 Å². The molecule has 2 aromatic rings. The number of carbonyl (C=O) groups is 1. The lowest BCUT2D eigenvalue weighted by Gasteiger charge is -2.28. The summed E-state index contributed by atoms with van der Waals surface area (Å²) >= 11 is 11.7. The van der Waals surface area contributed by atoms with Gasteiger partial charge in [0, 0.05) is 17.3 Å². The van der Waals surface area contributed by atoms with E-state index in [4.69, 9.17) is 23.2 Å². The monoisotopic (exact) mass is 324 g/mol. The highest BCUT2D eigenvalue weighted by molar-refractivity contribution is 6.36. The van der Waals surface area contributed by atoms with Crippen LogP contribution in [0.2, 0.25) is 10.0 Å². The molecule has 3 rings (SSSR count). The lowest BCUT2D eigenvalue weighted by Crippen LogP contribution is -2.23. The third-order valence-electron chi connectivity index (χ3n) is 3.76. The molecule has 110 valence electrons. The van der Waals surface area contributed by atoms with Crippen molar-refractivity contribution in [3.05, 3.63) is 46.2 Å². The zero-order valence-corrected chi connectivity index (χ0v) is 12.7. The van der Waals surface area contributed by atoms with Gasteiger partial charge in [-0.15, -0.1) is 0 Å². The number of rotatable bonds is 3. The maximum absolute atomic E-state index is 12.4. The number of nitrogens with zero attached hydrogens (tertiary/aromatic N) is 1. The zero-order chi connectivity index (χ0) is 15.0. The Hall–Kier alpha value is -1.65. The Morgan fingerprint density at radius 1 is 1.33 bits per heavy atom. The van der Waals surface area contributed by atoms with Crippen LogP contribution in [-0.2, 0) is 0 Å². The van der Waals surface area contributed by atoms with Gasteiger partial charge in [0.1, 0.15) is 5.69 Å². The van der Waals surface area contributed by atoms with Crippen molar-refractivity contribution < 1.29 is 9.90 Å². The summed E-state index contributed by atoms with van der Waals surface area (Å²) in [6.45, 7) is 0. The number of carbonyl (C=O) groups excluding carboxylic acids is 1. The summed E-state index contributed by atoms with van der Waals surface area (Å²) in [7, 11) is 0. The summed E-state index contributed by atoms with van der Waals surface area (Å²) in [4.78, 5) is 12.4. The number of hydrogen-bond donors (Lipinski definition) is 2. The van der Waals surface area contributed by atoms with Crippen molar-refractivity contribution >= 4 is 34.8 Å². The van der Waals surface area contributed by atoms with Gasteiger partial charge in [-0.25, -0.2) is 0 Å². The topological polar surface area (TPSA) is 54.3 Å². The number of anilines is 1. The molecule has 2 N–H and O–H groups in total. The van der Waals surface area contributed by atoms with Crippen molar-refractivity contribution in [2.75, 3.05) is 5.32 Å². The second-order valence-electron chi connectivity index (χ2n) is 5.12. The highest BCUT2D eigenvalue weighted by Gasteiger charge is 2.23. The maximum atomic E-state index is 12.4. The summed E-state index contributed by atoms with van der Waals surface area (Å²) in [5, 5.41) is 13.0. The number of nitrogens with one attached hydrogen (secondary N) is 1. The van der Waals surface area contributed by atoms with E-state index in [1.54, 1.807) is 6.07 Å². The van der Waals surface area contributed by atoms with Gasteiger partial charge in [0.15, 0.2) is 5.75 Å². The summed E-state index contributed by atoms with van der Waals surface area (Å²) in [5.74, 6) is -0.475. The SMILES string of the molecule is O=C(Nc1cc(Cl)cc(Cl)c1O)c1cccn1C1CCC1. The Morgan fingerprint density at radius 2 is 2.10 bits per heavy atom. The molecular weight excluding hydrogens is 311 g/mol. The van der Waals surface area contributed by atoms with E-state index in [2.05, 4.69) is 5.32 Å². The predicted octanol–water partition coefficient (Wildman–Crippen LogP) is 4.48. The van der Waals surface area contributed by atoms with Crippen molar-refractivity contribution in [1.29, 1.82) is 0 Å². The molecule has 1 amide bonds. The number of amides is 1. The Balaban J connectivity index is 1.85. The van der Waals surface area contributed by atoms with Crippen molar-refractivity contribution in [3.63, 3.8) is 0 Å². The molecule has 0 spiro atoms. The van der Waals surface area contributed by atoms with Gasteiger partial charge in [-0.3, -0.25) is 4.79 Å². The molecule has 6 heteroatoms. The van der Waals surface area contributed by atoms with Crippen LogP contribution in [0.5, 0.6) is 5.75 Å². The van der Waals surface area contributed by atoms with Crippen molar-refractivity contribution in [2.24, 2.45) is 0 Å². The molecule has 4 nitrogen and oxygen atoms in total. The van der Waals surface area contributed by atoms with E-state index in [0.717, 1.165) is 12.8 Å². The van der Waals surface area contributed by atoms with Crippen LogP contribution in [0, 0.1) is 0 Å². The van der Waals surface area contributed by atoms with Crippen LogP contribution in [0.1, 0.15) is 35.8 Å². The van der Waals surface area contributed by atoms with Crippen molar-refractivity contribution in [2.45, 2.75) is 25.3 Å². The summed E-state index contributed by atoms with van der Waals surface area (Å²) in [6, 6.07) is 6.88. The average molecular weight is 325 g/mol. The third kappa shape index (κ3) is 2.74. The quantitative estimate of drug-likeness (QED) is 0.818. The van der Waals surface area contributed by atoms with Crippen LogP contribution >= 0.6 is 23.2 Å². The minimum absolute atomic E-state index is 0.104. The fraction of sp³-hybridized carbons (Fsp3) is 0.267. The van der Waals surface area contributed by atoms with Crippen molar-refractivity contribution in [3.8, 4) is 5.75 Å². The van der Waals surface area contributed by atoms with E-state index in [9.17, 15) is 9.90 Å². The van der Waals surface area contributed by atoms with Gasteiger partial charge in [0.05, 0.1) is 10.7 Å². The lowest BCUT2D eigenvalue weighted by molar-refractivity contribution is 0.101. The molecular formula is C15H14Cl2N2O2. The molecule has 1 aromatic carbocycles. The van der Waals surface area contributed by atoms with Crippen LogP contribution in [0.15, 0.2) is 30.5 Å². The van der Waals surface area contributed by atoms with E-state index >= 15 is 0 Å². The van der Waals surface area contributed by atoms with E-state index in [1.165, 1.54) is 18.6 Å². The second-order valence-corrected chi connectivity index (χ2v) is 5.97. The summed E-state index contributed by atoms with van der Waals surface area (Å²) in [6.07, 6.45) is 5.27. The van der Waals surface area contributed by atoms with Crippen LogP contribution < -0.4 is 5.32 Å². The first kappa shape index (κ1) is 14.3. The Morgan fingerprint density at radius 3 is 2.76 bits per heavy atom. The highest BCUT2D eigenvalue weighted by atomic mass is 35.5. The third-order valence-corrected chi connectivity index (χ3v) is 4.26. The highest BCUT2D eigenvalue weighted by Crippen LogP contribution is 2.36. The molecule has 0 atom stereocenters. The number of aromatic hydroxyl groups is 1. The van der Waals surface area contributed by atoms with Gasteiger partial charge >= 0.3 is 0 Å². The molecule has 1 heterocycles. The molecule has 21 heavy (non-hydrogen) atoms. The van der Waals surface area contributed by atoms with Gasteiger partial charge < -0.3 is 15.0 Å². The number of aromatic nitrogens is 1. The van der Waals surface area contributed by atoms with E-state index in [0.29, 0.717) is 16.8 Å². The van der Waals surface area contributed by atoms with Gasteiger partial charge in [0.25, 0.3) is 5.91 Å². The molecule has 1 fully saturated rings. The first-order valence-corrected chi connectivity index (χ1v) is 7.48. The average Bonchev–Trinajstić information content (AvgIpc) is 2.82. The molecule has 0 aliphatic heterocycles. The minimum atomic E-state index is -0.291. The van der Waals surface area contributed by atoms with E-state index in [-0.39, 0.29) is 22.4 Å². The number of halogens is 2. The van der Waals surface area contributed by atoms with E-state index < -0.39 is 0 Å². The normalized spacial score (nSPS) is 14.8. The fourth-order valence-electron chi connectivity index (χ4n) is 2.42. The van der Waals surface area contributed by atoms with E-state index in [1.807, 2.05) is 16.8 Å². The molecule has 0 saturated heterocycles.